The number of methoxy groups -OCH3 is 1. The van der Waals surface area contributed by atoms with E-state index in [4.69, 9.17) is 44.6 Å². The molecule has 2 aromatic heterocycles. The molecule has 0 saturated heterocycles. The fourth-order valence-electron chi connectivity index (χ4n) is 3.85. The zero-order valence-electron chi connectivity index (χ0n) is 20.0. The van der Waals surface area contributed by atoms with E-state index in [9.17, 15) is 4.79 Å². The number of hydrogen-bond acceptors (Lipinski definition) is 4. The Morgan fingerprint density at radius 2 is 1.63 bits per heavy atom. The largest absolute Gasteiger partial charge is 0.495 e. The summed E-state index contributed by atoms with van der Waals surface area (Å²) in [6.07, 6.45) is 5.42. The summed E-state index contributed by atoms with van der Waals surface area (Å²) >= 11 is 18.4. The van der Waals surface area contributed by atoms with Crippen molar-refractivity contribution in [2.45, 2.75) is 0 Å². The number of urea groups is 1. The van der Waals surface area contributed by atoms with Crippen molar-refractivity contribution < 1.29 is 9.53 Å². The molecule has 2 heterocycles. The summed E-state index contributed by atoms with van der Waals surface area (Å²) in [5.41, 5.74) is 5.30. The lowest BCUT2D eigenvalue weighted by atomic mass is 10.0. The SMILES string of the molecule is COc1cc(-c2nn(-c3ccc(NC(=O)Nc4cccc(Cl)c4Cl)cc3)cc2-c2ccncc2)ccc1Cl. The van der Waals surface area contributed by atoms with E-state index in [-0.39, 0.29) is 5.02 Å². The molecule has 7 nitrogen and oxygen atoms in total. The molecule has 0 aliphatic rings. The van der Waals surface area contributed by atoms with Crippen LogP contribution < -0.4 is 15.4 Å². The third-order valence-corrected chi connectivity index (χ3v) is 6.85. The van der Waals surface area contributed by atoms with Gasteiger partial charge in [0.1, 0.15) is 11.4 Å². The number of amides is 2. The number of rotatable bonds is 6. The minimum atomic E-state index is -0.444. The molecule has 5 aromatic rings. The molecule has 0 bridgehead atoms. The Labute approximate surface area is 234 Å². The molecule has 0 aliphatic carbocycles. The predicted octanol–water partition coefficient (Wildman–Crippen LogP) is 8.21. The Hall–Kier alpha value is -4.04. The maximum atomic E-state index is 12.5. The highest BCUT2D eigenvalue weighted by atomic mass is 35.5. The third kappa shape index (κ3) is 5.45. The summed E-state index contributed by atoms with van der Waals surface area (Å²) in [6.45, 7) is 0. The Kier molecular flexibility index (Phi) is 7.51. The van der Waals surface area contributed by atoms with E-state index in [1.165, 1.54) is 0 Å². The highest BCUT2D eigenvalue weighted by molar-refractivity contribution is 6.44. The van der Waals surface area contributed by atoms with Crippen molar-refractivity contribution >= 4 is 52.2 Å². The molecule has 0 fully saturated rings. The maximum absolute atomic E-state index is 12.5. The number of carbonyl (C=O) groups is 1. The van der Waals surface area contributed by atoms with Gasteiger partial charge >= 0.3 is 6.03 Å². The van der Waals surface area contributed by atoms with Crippen LogP contribution in [0.5, 0.6) is 5.75 Å². The maximum Gasteiger partial charge on any atom is 0.323 e. The van der Waals surface area contributed by atoms with E-state index >= 15 is 0 Å². The Morgan fingerprint density at radius 3 is 2.37 bits per heavy atom. The van der Waals surface area contributed by atoms with Gasteiger partial charge in [-0.05, 0) is 66.2 Å². The number of anilines is 2. The van der Waals surface area contributed by atoms with Crippen LogP contribution in [-0.4, -0.2) is 27.9 Å². The number of carbonyl (C=O) groups excluding carboxylic acids is 1. The van der Waals surface area contributed by atoms with Gasteiger partial charge in [-0.15, -0.1) is 0 Å². The van der Waals surface area contributed by atoms with Crippen LogP contribution in [-0.2, 0) is 0 Å². The summed E-state index contributed by atoms with van der Waals surface area (Å²) in [6, 6.07) is 21.3. The standard InChI is InChI=1S/C28H20Cl3N5O2/c1-38-25-15-18(5-10-22(25)29)27-21(17-11-13-32-14-12-17)16-36(35-27)20-8-6-19(7-9-20)33-28(37)34-24-4-2-3-23(30)26(24)31/h2-16H,1H3,(H2,33,34,37). The van der Waals surface area contributed by atoms with Gasteiger partial charge in [0.25, 0.3) is 0 Å². The number of hydrogen-bond donors (Lipinski definition) is 2. The second-order valence-corrected chi connectivity index (χ2v) is 9.34. The van der Waals surface area contributed by atoms with Crippen LogP contribution >= 0.6 is 34.8 Å². The van der Waals surface area contributed by atoms with E-state index in [0.717, 1.165) is 28.1 Å². The highest BCUT2D eigenvalue weighted by Crippen LogP contribution is 2.36. The molecular weight excluding hydrogens is 545 g/mol. The van der Waals surface area contributed by atoms with Gasteiger partial charge in [0.05, 0.1) is 33.6 Å². The van der Waals surface area contributed by atoms with Crippen molar-refractivity contribution in [2.75, 3.05) is 17.7 Å². The zero-order chi connectivity index (χ0) is 26.6. The van der Waals surface area contributed by atoms with Crippen LogP contribution in [0.4, 0.5) is 16.2 Å². The summed E-state index contributed by atoms with van der Waals surface area (Å²) in [7, 11) is 1.58. The Morgan fingerprint density at radius 1 is 0.868 bits per heavy atom. The van der Waals surface area contributed by atoms with Crippen LogP contribution in [0.15, 0.2) is 91.4 Å². The minimum absolute atomic E-state index is 0.275. The van der Waals surface area contributed by atoms with E-state index in [1.807, 2.05) is 42.6 Å². The third-order valence-electron chi connectivity index (χ3n) is 5.72. The molecular formula is C28H20Cl3N5O2. The second-order valence-electron chi connectivity index (χ2n) is 8.15. The van der Waals surface area contributed by atoms with Gasteiger partial charge < -0.3 is 15.4 Å². The van der Waals surface area contributed by atoms with E-state index in [2.05, 4.69) is 15.6 Å². The molecule has 0 radical (unpaired) electrons. The molecule has 2 amide bonds. The lowest BCUT2D eigenvalue weighted by molar-refractivity contribution is 0.262. The lowest BCUT2D eigenvalue weighted by Gasteiger charge is -2.10. The average Bonchev–Trinajstić information content (AvgIpc) is 3.38. The van der Waals surface area contributed by atoms with Gasteiger partial charge in [-0.3, -0.25) is 4.98 Å². The summed E-state index contributed by atoms with van der Waals surface area (Å²) in [5, 5.41) is 11.5. The molecule has 0 atom stereocenters. The molecule has 0 spiro atoms. The first-order valence-corrected chi connectivity index (χ1v) is 12.5. The fourth-order valence-corrected chi connectivity index (χ4v) is 4.39. The van der Waals surface area contributed by atoms with Gasteiger partial charge in [-0.25, -0.2) is 9.48 Å². The van der Waals surface area contributed by atoms with Crippen LogP contribution in [0, 0.1) is 0 Å². The first-order valence-electron chi connectivity index (χ1n) is 11.4. The number of pyridine rings is 1. The number of nitrogens with one attached hydrogen (secondary N) is 2. The molecule has 0 saturated carbocycles. The zero-order valence-corrected chi connectivity index (χ0v) is 22.2. The smallest absolute Gasteiger partial charge is 0.323 e. The summed E-state index contributed by atoms with van der Waals surface area (Å²) in [4.78, 5) is 16.6. The number of aromatic nitrogens is 3. The van der Waals surface area contributed by atoms with Crippen LogP contribution in [0.2, 0.25) is 15.1 Å². The van der Waals surface area contributed by atoms with E-state index < -0.39 is 6.03 Å². The molecule has 0 aliphatic heterocycles. The van der Waals surface area contributed by atoms with Crippen molar-refractivity contribution in [3.63, 3.8) is 0 Å². The molecule has 5 rings (SSSR count). The van der Waals surface area contributed by atoms with Crippen LogP contribution in [0.25, 0.3) is 28.1 Å². The van der Waals surface area contributed by atoms with Crippen LogP contribution in [0.1, 0.15) is 0 Å². The number of nitrogens with zero attached hydrogens (tertiary/aromatic N) is 3. The van der Waals surface area contributed by atoms with Gasteiger partial charge in [-0.1, -0.05) is 46.9 Å². The summed E-state index contributed by atoms with van der Waals surface area (Å²) in [5.74, 6) is 0.562. The predicted molar refractivity (Wildman–Crippen MR) is 153 cm³/mol. The Balaban J connectivity index is 1.42. The molecule has 0 unspecified atom stereocenters. The van der Waals surface area contributed by atoms with Crippen molar-refractivity contribution in [1.29, 1.82) is 0 Å². The monoisotopic (exact) mass is 563 g/mol. The van der Waals surface area contributed by atoms with Gasteiger partial charge in [0, 0.05) is 35.4 Å². The van der Waals surface area contributed by atoms with Crippen molar-refractivity contribution in [2.24, 2.45) is 0 Å². The first kappa shape index (κ1) is 25.6. The quantitative estimate of drug-likeness (QED) is 0.218. The van der Waals surface area contributed by atoms with E-state index in [1.54, 1.807) is 60.6 Å². The average molecular weight is 565 g/mol. The number of benzene rings is 3. The van der Waals surface area contributed by atoms with Crippen molar-refractivity contribution in [1.82, 2.24) is 14.8 Å². The minimum Gasteiger partial charge on any atom is -0.495 e. The molecule has 190 valence electrons. The van der Waals surface area contributed by atoms with Gasteiger partial charge in [0.15, 0.2) is 0 Å². The Bertz CT molecular complexity index is 1610. The van der Waals surface area contributed by atoms with Crippen molar-refractivity contribution in [3.05, 3.63) is 106 Å². The number of ether oxygens (including phenoxy) is 1. The topological polar surface area (TPSA) is 81.1 Å². The number of halogens is 3. The highest BCUT2D eigenvalue weighted by Gasteiger charge is 2.16. The molecule has 10 heteroatoms. The van der Waals surface area contributed by atoms with Gasteiger partial charge in [0.2, 0.25) is 0 Å². The second kappa shape index (κ2) is 11.1. The van der Waals surface area contributed by atoms with Gasteiger partial charge in [-0.2, -0.15) is 5.10 Å². The van der Waals surface area contributed by atoms with Crippen LogP contribution in [0.3, 0.4) is 0 Å². The van der Waals surface area contributed by atoms with Crippen molar-refractivity contribution in [3.8, 4) is 33.8 Å². The molecule has 2 N–H and O–H groups in total. The van der Waals surface area contributed by atoms with E-state index in [0.29, 0.717) is 27.2 Å². The summed E-state index contributed by atoms with van der Waals surface area (Å²) < 4.78 is 7.19. The lowest BCUT2D eigenvalue weighted by Crippen LogP contribution is -2.19. The molecule has 38 heavy (non-hydrogen) atoms. The first-order chi connectivity index (χ1) is 18.4. The normalized spacial score (nSPS) is 10.7. The molecule has 3 aromatic carbocycles. The fraction of sp³-hybridized carbons (Fsp3) is 0.0357.